The van der Waals surface area contributed by atoms with E-state index in [0.29, 0.717) is 6.54 Å². The second-order valence-electron chi connectivity index (χ2n) is 5.51. The van der Waals surface area contributed by atoms with Gasteiger partial charge in [-0.1, -0.05) is 0 Å². The Labute approximate surface area is 129 Å². The van der Waals surface area contributed by atoms with Crippen LogP contribution >= 0.6 is 0 Å². The van der Waals surface area contributed by atoms with Crippen LogP contribution in [0.5, 0.6) is 0 Å². The average molecular weight is 312 g/mol. The molecular weight excluding hydrogens is 290 g/mol. The first-order chi connectivity index (χ1) is 10.5. The quantitative estimate of drug-likeness (QED) is 0.814. The minimum atomic E-state index is -0.979. The molecule has 1 aromatic carbocycles. The number of nitrogens with zero attached hydrogens (tertiary/aromatic N) is 2. The van der Waals surface area contributed by atoms with Crippen LogP contribution in [-0.2, 0) is 0 Å². The molecule has 0 atom stereocenters. The summed E-state index contributed by atoms with van der Waals surface area (Å²) in [7, 11) is 2.11. The number of amides is 2. The number of anilines is 1. The number of halogens is 2. The topological polar surface area (TPSA) is 47.6 Å². The van der Waals surface area contributed by atoms with Crippen molar-refractivity contribution in [1.29, 1.82) is 0 Å². The van der Waals surface area contributed by atoms with Crippen molar-refractivity contribution < 1.29 is 13.6 Å². The van der Waals surface area contributed by atoms with Crippen LogP contribution in [0, 0.1) is 11.6 Å². The highest BCUT2D eigenvalue weighted by Gasteiger charge is 2.13. The Balaban J connectivity index is 1.62. The van der Waals surface area contributed by atoms with E-state index in [1.807, 2.05) is 0 Å². The molecular formula is C15H22F2N4O. The van der Waals surface area contributed by atoms with Crippen LogP contribution in [0.15, 0.2) is 18.2 Å². The number of urea groups is 1. The van der Waals surface area contributed by atoms with Gasteiger partial charge < -0.3 is 20.4 Å². The summed E-state index contributed by atoms with van der Waals surface area (Å²) in [6.07, 6.45) is 0.856. The molecule has 2 amide bonds. The Bertz CT molecular complexity index is 504. The number of hydrogen-bond donors (Lipinski definition) is 2. The molecule has 1 heterocycles. The maximum atomic E-state index is 13.0. The summed E-state index contributed by atoms with van der Waals surface area (Å²) in [5.41, 5.74) is 0.232. The van der Waals surface area contributed by atoms with Crippen LogP contribution in [0.2, 0.25) is 0 Å². The highest BCUT2D eigenvalue weighted by atomic mass is 19.2. The SMILES string of the molecule is CN1CCN(CCCNC(=O)Nc2ccc(F)c(F)c2)CC1. The number of benzene rings is 1. The van der Waals surface area contributed by atoms with Gasteiger partial charge in [0, 0.05) is 44.5 Å². The lowest BCUT2D eigenvalue weighted by Crippen LogP contribution is -2.45. The van der Waals surface area contributed by atoms with Crippen molar-refractivity contribution in [3.8, 4) is 0 Å². The fourth-order valence-electron chi connectivity index (χ4n) is 2.33. The van der Waals surface area contributed by atoms with Crippen molar-refractivity contribution in [3.63, 3.8) is 0 Å². The zero-order valence-electron chi connectivity index (χ0n) is 12.7. The first-order valence-corrected chi connectivity index (χ1v) is 7.45. The van der Waals surface area contributed by atoms with E-state index >= 15 is 0 Å². The molecule has 5 nitrogen and oxygen atoms in total. The number of rotatable bonds is 5. The van der Waals surface area contributed by atoms with E-state index in [-0.39, 0.29) is 5.69 Å². The van der Waals surface area contributed by atoms with Gasteiger partial charge in [-0.25, -0.2) is 13.6 Å². The van der Waals surface area contributed by atoms with Gasteiger partial charge in [0.25, 0.3) is 0 Å². The lowest BCUT2D eigenvalue weighted by atomic mass is 10.3. The predicted octanol–water partition coefficient (Wildman–Crippen LogP) is 1.72. The smallest absolute Gasteiger partial charge is 0.319 e. The summed E-state index contributed by atoms with van der Waals surface area (Å²) in [4.78, 5) is 16.3. The summed E-state index contributed by atoms with van der Waals surface area (Å²) >= 11 is 0. The molecule has 0 aliphatic carbocycles. The van der Waals surface area contributed by atoms with E-state index in [2.05, 4.69) is 27.5 Å². The van der Waals surface area contributed by atoms with Crippen LogP contribution in [0.1, 0.15) is 6.42 Å². The Morgan fingerprint density at radius 1 is 1.18 bits per heavy atom. The highest BCUT2D eigenvalue weighted by Crippen LogP contribution is 2.12. The molecule has 0 spiro atoms. The molecule has 0 radical (unpaired) electrons. The zero-order chi connectivity index (χ0) is 15.9. The van der Waals surface area contributed by atoms with Gasteiger partial charge >= 0.3 is 6.03 Å². The summed E-state index contributed by atoms with van der Waals surface area (Å²) in [5, 5.41) is 5.19. The first kappa shape index (κ1) is 16.6. The maximum absolute atomic E-state index is 13.0. The Hall–Kier alpha value is -1.73. The van der Waals surface area contributed by atoms with Gasteiger partial charge in [0.05, 0.1) is 0 Å². The van der Waals surface area contributed by atoms with Crippen molar-refractivity contribution in [3.05, 3.63) is 29.8 Å². The molecule has 1 aliphatic heterocycles. The molecule has 1 fully saturated rings. The molecule has 22 heavy (non-hydrogen) atoms. The van der Waals surface area contributed by atoms with Gasteiger partial charge in [-0.15, -0.1) is 0 Å². The summed E-state index contributed by atoms with van der Waals surface area (Å²) in [6.45, 7) is 5.74. The van der Waals surface area contributed by atoms with Crippen molar-refractivity contribution in [1.82, 2.24) is 15.1 Å². The van der Waals surface area contributed by atoms with Gasteiger partial charge in [-0.2, -0.15) is 0 Å². The number of carbonyl (C=O) groups excluding carboxylic acids is 1. The fraction of sp³-hybridized carbons (Fsp3) is 0.533. The third-order valence-electron chi connectivity index (χ3n) is 3.71. The summed E-state index contributed by atoms with van der Waals surface area (Å²) in [6, 6.07) is 2.85. The van der Waals surface area contributed by atoms with E-state index in [1.165, 1.54) is 6.07 Å². The Kier molecular flexibility index (Phi) is 6.09. The van der Waals surface area contributed by atoms with E-state index in [0.717, 1.165) is 51.3 Å². The van der Waals surface area contributed by atoms with Gasteiger partial charge in [0.15, 0.2) is 11.6 Å². The lowest BCUT2D eigenvalue weighted by molar-refractivity contribution is 0.153. The normalized spacial score (nSPS) is 16.5. The molecule has 0 bridgehead atoms. The number of likely N-dealkylation sites (N-methyl/N-ethyl adjacent to an activating group) is 1. The van der Waals surface area contributed by atoms with Gasteiger partial charge in [-0.3, -0.25) is 0 Å². The minimum Gasteiger partial charge on any atom is -0.338 e. The molecule has 122 valence electrons. The molecule has 1 aliphatic rings. The van der Waals surface area contributed by atoms with Crippen LogP contribution < -0.4 is 10.6 Å². The Morgan fingerprint density at radius 2 is 1.91 bits per heavy atom. The summed E-state index contributed by atoms with van der Waals surface area (Å²) in [5.74, 6) is -1.91. The monoisotopic (exact) mass is 312 g/mol. The number of hydrogen-bond acceptors (Lipinski definition) is 3. The average Bonchev–Trinajstić information content (AvgIpc) is 2.49. The maximum Gasteiger partial charge on any atom is 0.319 e. The van der Waals surface area contributed by atoms with Crippen LogP contribution in [-0.4, -0.2) is 62.1 Å². The van der Waals surface area contributed by atoms with Gasteiger partial charge in [0.1, 0.15) is 0 Å². The largest absolute Gasteiger partial charge is 0.338 e. The van der Waals surface area contributed by atoms with Crippen LogP contribution in [0.4, 0.5) is 19.3 Å². The number of piperazine rings is 1. The molecule has 1 aromatic rings. The van der Waals surface area contributed by atoms with Crippen LogP contribution in [0.3, 0.4) is 0 Å². The third-order valence-corrected chi connectivity index (χ3v) is 3.71. The molecule has 0 aromatic heterocycles. The van der Waals surface area contributed by atoms with Crippen LogP contribution in [0.25, 0.3) is 0 Å². The molecule has 2 rings (SSSR count). The van der Waals surface area contributed by atoms with Crippen molar-refractivity contribution >= 4 is 11.7 Å². The molecule has 0 saturated carbocycles. The molecule has 7 heteroatoms. The van der Waals surface area contributed by atoms with Gasteiger partial charge in [-0.05, 0) is 32.1 Å². The minimum absolute atomic E-state index is 0.232. The zero-order valence-corrected chi connectivity index (χ0v) is 12.7. The standard InChI is InChI=1S/C15H22F2N4O/c1-20-7-9-21(10-8-20)6-2-5-18-15(22)19-12-3-4-13(16)14(17)11-12/h3-4,11H,2,5-10H2,1H3,(H2,18,19,22). The Morgan fingerprint density at radius 3 is 2.59 bits per heavy atom. The van der Waals surface area contributed by atoms with E-state index in [4.69, 9.17) is 0 Å². The highest BCUT2D eigenvalue weighted by molar-refractivity contribution is 5.89. The first-order valence-electron chi connectivity index (χ1n) is 7.45. The predicted molar refractivity (Wildman–Crippen MR) is 81.9 cm³/mol. The number of carbonyl (C=O) groups is 1. The molecule has 2 N–H and O–H groups in total. The summed E-state index contributed by atoms with van der Waals surface area (Å²) < 4.78 is 25.8. The van der Waals surface area contributed by atoms with E-state index in [9.17, 15) is 13.6 Å². The fourth-order valence-corrected chi connectivity index (χ4v) is 2.33. The van der Waals surface area contributed by atoms with Crippen molar-refractivity contribution in [2.24, 2.45) is 0 Å². The van der Waals surface area contributed by atoms with Gasteiger partial charge in [0.2, 0.25) is 0 Å². The van der Waals surface area contributed by atoms with Crippen molar-refractivity contribution in [2.45, 2.75) is 6.42 Å². The lowest BCUT2D eigenvalue weighted by Gasteiger charge is -2.32. The molecule has 1 saturated heterocycles. The van der Waals surface area contributed by atoms with E-state index < -0.39 is 17.7 Å². The van der Waals surface area contributed by atoms with Crippen molar-refractivity contribution in [2.75, 3.05) is 51.6 Å². The second-order valence-corrected chi connectivity index (χ2v) is 5.51. The third kappa shape index (κ3) is 5.23. The number of nitrogens with one attached hydrogen (secondary N) is 2. The molecule has 0 unspecified atom stereocenters. The second kappa shape index (κ2) is 8.05. The van der Waals surface area contributed by atoms with E-state index in [1.54, 1.807) is 0 Å².